The van der Waals surface area contributed by atoms with Gasteiger partial charge in [-0.05, 0) is 0 Å². The smallest absolute Gasteiger partial charge is 0.478 e. The van der Waals surface area contributed by atoms with Gasteiger partial charge in [0.05, 0.1) is 12.9 Å². The Kier molecular flexibility index (Phi) is 6.20. The van der Waals surface area contributed by atoms with Crippen LogP contribution in [-0.4, -0.2) is 82.4 Å². The molecule has 0 amide bonds. The van der Waals surface area contributed by atoms with Gasteiger partial charge < -0.3 is 39.4 Å². The summed E-state index contributed by atoms with van der Waals surface area (Å²) in [7, 11) is -9.67. The molecule has 0 spiro atoms. The lowest BCUT2D eigenvalue weighted by atomic mass is 10.0. The second-order valence-electron chi connectivity index (χ2n) is 6.16. The van der Waals surface area contributed by atoms with Crippen molar-refractivity contribution in [2.45, 2.75) is 24.0 Å². The first-order valence-electron chi connectivity index (χ1n) is 8.10. The fraction of sp³-hybridized carbons (Fsp3) is 0.500. The van der Waals surface area contributed by atoms with Gasteiger partial charge in [-0.3, -0.25) is 13.9 Å². The maximum atomic E-state index is 12.2. The van der Waals surface area contributed by atoms with Crippen LogP contribution in [0.5, 0.6) is 0 Å². The number of H-pyrrole nitrogens is 1. The molecule has 1 saturated heterocycles. The molecule has 1 aliphatic rings. The number of methoxy groups -OCH3 is 1. The van der Waals surface area contributed by atoms with Gasteiger partial charge in [0.2, 0.25) is 0 Å². The monoisotopic (exact) mass is 486 g/mol. The fourth-order valence-corrected chi connectivity index (χ4v) is 4.71. The van der Waals surface area contributed by atoms with E-state index in [2.05, 4.69) is 23.8 Å². The number of aliphatic hydroxyl groups excluding tert-OH is 1. The number of ether oxygens (including phenoxy) is 2. The van der Waals surface area contributed by atoms with Crippen molar-refractivity contribution in [3.05, 3.63) is 23.0 Å². The van der Waals surface area contributed by atoms with Gasteiger partial charge in [-0.15, -0.1) is 0 Å². The maximum Gasteiger partial charge on any atom is 0.481 e. The predicted octanol–water partition coefficient (Wildman–Crippen LogP) is -2.14. The normalized spacial score (nSPS) is 28.6. The topological polar surface area (TPSA) is 253 Å². The minimum Gasteiger partial charge on any atom is -0.478 e. The molecule has 19 heteroatoms. The molecule has 5 atom stereocenters. The number of nitrogens with one attached hydrogen (secondary N) is 1. The number of fused-ring (bicyclic) bond motifs is 1. The van der Waals surface area contributed by atoms with E-state index >= 15 is 0 Å². The summed E-state index contributed by atoms with van der Waals surface area (Å²) in [6.45, 7) is -1.04. The lowest BCUT2D eigenvalue weighted by molar-refractivity contribution is -0.196. The Bertz CT molecular complexity index is 1140. The second kappa shape index (κ2) is 8.14. The highest BCUT2D eigenvalue weighted by Gasteiger charge is 2.63. The molecule has 0 radical (unpaired) electrons. The van der Waals surface area contributed by atoms with Crippen LogP contribution in [0.3, 0.4) is 0 Å². The van der Waals surface area contributed by atoms with Gasteiger partial charge in [-0.2, -0.15) is 4.31 Å². The number of hydrogen-bond acceptors (Lipinski definition) is 11. The van der Waals surface area contributed by atoms with E-state index in [9.17, 15) is 33.8 Å². The Hall–Kier alpha value is -2.04. The summed E-state index contributed by atoms with van der Waals surface area (Å²) >= 11 is 0. The molecule has 17 nitrogen and oxygen atoms in total. The number of hydrogen-bond donors (Lipinski definition) is 6. The van der Waals surface area contributed by atoms with Crippen molar-refractivity contribution in [3.8, 4) is 0 Å². The van der Waals surface area contributed by atoms with Gasteiger partial charge in [0.15, 0.2) is 11.2 Å². The van der Waals surface area contributed by atoms with E-state index in [0.717, 1.165) is 24.3 Å². The van der Waals surface area contributed by atoms with Crippen LogP contribution >= 0.6 is 15.6 Å². The van der Waals surface area contributed by atoms with Crippen LogP contribution in [0.4, 0.5) is 0 Å². The summed E-state index contributed by atoms with van der Waals surface area (Å²) in [6.07, 6.45) is -3.24. The molecule has 31 heavy (non-hydrogen) atoms. The molecule has 2 aromatic heterocycles. The van der Waals surface area contributed by atoms with E-state index in [1.807, 2.05) is 0 Å². The van der Waals surface area contributed by atoms with Crippen LogP contribution in [0.25, 0.3) is 11.2 Å². The van der Waals surface area contributed by atoms with Crippen molar-refractivity contribution >= 4 is 32.8 Å². The quantitative estimate of drug-likeness (QED) is 0.218. The first-order valence-corrected chi connectivity index (χ1v) is 11.1. The van der Waals surface area contributed by atoms with Crippen molar-refractivity contribution < 1.29 is 57.1 Å². The third-order valence-corrected chi connectivity index (χ3v) is 6.43. The lowest BCUT2D eigenvalue weighted by Gasteiger charge is -2.30. The summed E-state index contributed by atoms with van der Waals surface area (Å²) in [5, 5.41) is 20.4. The molecule has 0 aliphatic carbocycles. The highest BCUT2D eigenvalue weighted by molar-refractivity contribution is 7.60. The van der Waals surface area contributed by atoms with Crippen LogP contribution in [0.2, 0.25) is 0 Å². The Morgan fingerprint density at radius 1 is 1.35 bits per heavy atom. The summed E-state index contributed by atoms with van der Waals surface area (Å²) in [5.41, 5.74) is -3.72. The minimum atomic E-state index is -5.41. The zero-order chi connectivity index (χ0) is 23.2. The van der Waals surface area contributed by atoms with E-state index in [1.165, 1.54) is 0 Å². The van der Waals surface area contributed by atoms with Gasteiger partial charge in [-0.25, -0.2) is 23.9 Å². The second-order valence-corrected chi connectivity index (χ2v) is 8.99. The lowest BCUT2D eigenvalue weighted by Crippen LogP contribution is -2.52. The number of phosphoric ester groups is 1. The van der Waals surface area contributed by atoms with Crippen LogP contribution in [0, 0.1) is 0 Å². The summed E-state index contributed by atoms with van der Waals surface area (Å²) in [4.78, 5) is 60.7. The summed E-state index contributed by atoms with van der Waals surface area (Å²) < 4.78 is 41.8. The van der Waals surface area contributed by atoms with E-state index in [-0.39, 0.29) is 11.2 Å². The van der Waals surface area contributed by atoms with Crippen molar-refractivity contribution in [2.75, 3.05) is 13.7 Å². The molecule has 3 heterocycles. The SMILES string of the molecule is CO[C@@H]1[C@H](O)[C@@H](COP(=O)(O)OP(=O)(O)O)O[C@@]1(C(=O)O)n1cnc2c(=O)[nH]cnc21. The molecule has 1 unspecified atom stereocenters. The Morgan fingerprint density at radius 3 is 2.61 bits per heavy atom. The predicted molar refractivity (Wildman–Crippen MR) is 94.3 cm³/mol. The first kappa shape index (κ1) is 23.6. The number of nitrogens with zero attached hydrogens (tertiary/aromatic N) is 3. The minimum absolute atomic E-state index is 0.236. The number of carbonyl (C=O) groups is 1. The number of aromatic amines is 1. The molecule has 3 rings (SSSR count). The third-order valence-electron chi connectivity index (χ3n) is 4.28. The molecule has 6 N–H and O–H groups in total. The van der Waals surface area contributed by atoms with E-state index in [4.69, 9.17) is 19.3 Å². The molecular formula is C12H16N4O13P2. The zero-order valence-corrected chi connectivity index (χ0v) is 17.1. The number of carboxylic acid groups (broad SMARTS) is 1. The van der Waals surface area contributed by atoms with Gasteiger partial charge in [0.25, 0.3) is 11.3 Å². The molecule has 172 valence electrons. The van der Waals surface area contributed by atoms with Crippen molar-refractivity contribution in [2.24, 2.45) is 0 Å². The molecule has 1 aliphatic heterocycles. The number of imidazole rings is 1. The van der Waals surface area contributed by atoms with Crippen molar-refractivity contribution in [1.29, 1.82) is 0 Å². The van der Waals surface area contributed by atoms with Gasteiger partial charge in [-0.1, -0.05) is 0 Å². The van der Waals surface area contributed by atoms with Crippen LogP contribution in [-0.2, 0) is 38.0 Å². The number of aliphatic carboxylic acids is 1. The number of phosphoric acid groups is 2. The number of carboxylic acids is 1. The standard InChI is InChI=1S/C12H16N4O13P2/c1-26-8-7(17)5(2-27-31(24,25)29-30(21,22)23)28-12(8,11(19)20)16-4-15-6-9(16)13-3-14-10(6)18/h3-5,7-8,17H,2H2,1H3,(H,19,20)(H,24,25)(H,13,14,18)(H2,21,22,23)/t5-,7-,8-,12+/m1/s1. The maximum absolute atomic E-state index is 12.2. The van der Waals surface area contributed by atoms with Crippen LogP contribution < -0.4 is 5.56 Å². The molecule has 0 saturated carbocycles. The number of rotatable bonds is 8. The molecular weight excluding hydrogens is 470 g/mol. The van der Waals surface area contributed by atoms with Gasteiger partial charge in [0, 0.05) is 7.11 Å². The molecule has 1 fully saturated rings. The number of aromatic nitrogens is 4. The summed E-state index contributed by atoms with van der Waals surface area (Å²) in [5.74, 6) is -1.71. The van der Waals surface area contributed by atoms with Crippen molar-refractivity contribution in [3.63, 3.8) is 0 Å². The molecule has 2 aromatic rings. The molecule has 0 aromatic carbocycles. The van der Waals surface area contributed by atoms with Gasteiger partial charge in [0.1, 0.15) is 24.6 Å². The fourth-order valence-electron chi connectivity index (χ4n) is 3.11. The van der Waals surface area contributed by atoms with Crippen LogP contribution in [0.1, 0.15) is 0 Å². The average molecular weight is 486 g/mol. The average Bonchev–Trinajstić information content (AvgIpc) is 3.18. The Labute approximate surface area is 171 Å². The van der Waals surface area contributed by atoms with Crippen molar-refractivity contribution in [1.82, 2.24) is 19.5 Å². The van der Waals surface area contributed by atoms with E-state index in [0.29, 0.717) is 0 Å². The molecule has 0 bridgehead atoms. The number of aliphatic hydroxyl groups is 1. The third kappa shape index (κ3) is 4.33. The van der Waals surface area contributed by atoms with E-state index in [1.54, 1.807) is 0 Å². The Morgan fingerprint density at radius 2 is 2.03 bits per heavy atom. The highest BCUT2D eigenvalue weighted by Crippen LogP contribution is 2.57. The van der Waals surface area contributed by atoms with E-state index < -0.39 is 57.8 Å². The van der Waals surface area contributed by atoms with Crippen LogP contribution in [0.15, 0.2) is 17.4 Å². The Balaban J connectivity index is 1.99. The zero-order valence-electron chi connectivity index (χ0n) is 15.3. The summed E-state index contributed by atoms with van der Waals surface area (Å²) in [6, 6.07) is 0. The highest BCUT2D eigenvalue weighted by atomic mass is 31.3. The first-order chi connectivity index (χ1) is 14.3. The largest absolute Gasteiger partial charge is 0.481 e. The van der Waals surface area contributed by atoms with Gasteiger partial charge >= 0.3 is 21.6 Å².